The van der Waals surface area contributed by atoms with Gasteiger partial charge in [-0.2, -0.15) is 0 Å². The summed E-state index contributed by atoms with van der Waals surface area (Å²) in [5.41, 5.74) is 3.81. The second-order valence-electron chi connectivity index (χ2n) is 7.00. The Bertz CT molecular complexity index is 801. The first kappa shape index (κ1) is 16.7. The molecule has 0 amide bonds. The number of rotatable bonds is 5. The Hall–Kier alpha value is -1.78. The van der Waals surface area contributed by atoms with E-state index in [0.717, 1.165) is 11.9 Å². The van der Waals surface area contributed by atoms with Crippen LogP contribution in [0.5, 0.6) is 0 Å². The molecule has 1 aliphatic rings. The number of aryl methyl sites for hydroxylation is 2. The van der Waals surface area contributed by atoms with Gasteiger partial charge in [0.05, 0.1) is 15.2 Å². The van der Waals surface area contributed by atoms with Crippen LogP contribution in [0.25, 0.3) is 10.2 Å². The van der Waals surface area contributed by atoms with Gasteiger partial charge in [0.25, 0.3) is 0 Å². The molecular formula is C21H25N3S. The SMILES string of the molecule is Cc1cccnc1C1CCN(CCCc2nc3ccccc3s2)CC1. The Kier molecular flexibility index (Phi) is 5.09. The predicted octanol–water partition coefficient (Wildman–Crippen LogP) is 4.81. The summed E-state index contributed by atoms with van der Waals surface area (Å²) in [5.74, 6) is 0.640. The highest BCUT2D eigenvalue weighted by Crippen LogP contribution is 2.29. The van der Waals surface area contributed by atoms with Crippen LogP contribution < -0.4 is 0 Å². The highest BCUT2D eigenvalue weighted by atomic mass is 32.1. The molecule has 0 unspecified atom stereocenters. The van der Waals surface area contributed by atoms with E-state index in [0.29, 0.717) is 5.92 Å². The van der Waals surface area contributed by atoms with Gasteiger partial charge in [0.2, 0.25) is 0 Å². The van der Waals surface area contributed by atoms with Crippen LogP contribution in [0.3, 0.4) is 0 Å². The molecule has 1 aromatic carbocycles. The van der Waals surface area contributed by atoms with Crippen LogP contribution in [0, 0.1) is 6.92 Å². The molecule has 1 fully saturated rings. The van der Waals surface area contributed by atoms with Gasteiger partial charge in [-0.25, -0.2) is 4.98 Å². The normalized spacial score (nSPS) is 16.5. The number of likely N-dealkylation sites (tertiary alicyclic amines) is 1. The maximum Gasteiger partial charge on any atom is 0.0939 e. The summed E-state index contributed by atoms with van der Waals surface area (Å²) in [6.07, 6.45) is 6.70. The molecule has 0 atom stereocenters. The predicted molar refractivity (Wildman–Crippen MR) is 105 cm³/mol. The smallest absolute Gasteiger partial charge is 0.0939 e. The topological polar surface area (TPSA) is 29.0 Å². The van der Waals surface area contributed by atoms with E-state index in [1.54, 1.807) is 0 Å². The molecule has 4 rings (SSSR count). The average Bonchev–Trinajstić information content (AvgIpc) is 3.06. The molecule has 25 heavy (non-hydrogen) atoms. The molecule has 130 valence electrons. The lowest BCUT2D eigenvalue weighted by Gasteiger charge is -2.32. The largest absolute Gasteiger partial charge is 0.303 e. The third-order valence-electron chi connectivity index (χ3n) is 5.23. The van der Waals surface area contributed by atoms with Crippen molar-refractivity contribution in [3.8, 4) is 0 Å². The Morgan fingerprint density at radius 1 is 1.12 bits per heavy atom. The summed E-state index contributed by atoms with van der Waals surface area (Å²) >= 11 is 1.85. The molecule has 0 spiro atoms. The number of nitrogens with zero attached hydrogens (tertiary/aromatic N) is 3. The molecule has 2 aromatic heterocycles. The second-order valence-corrected chi connectivity index (χ2v) is 8.12. The Morgan fingerprint density at radius 2 is 1.96 bits per heavy atom. The molecule has 0 saturated carbocycles. The molecule has 1 saturated heterocycles. The van der Waals surface area contributed by atoms with Crippen molar-refractivity contribution in [2.75, 3.05) is 19.6 Å². The van der Waals surface area contributed by atoms with E-state index in [4.69, 9.17) is 4.98 Å². The molecule has 0 radical (unpaired) electrons. The molecule has 3 nitrogen and oxygen atoms in total. The summed E-state index contributed by atoms with van der Waals surface area (Å²) < 4.78 is 1.31. The van der Waals surface area contributed by atoms with Gasteiger partial charge in [0.1, 0.15) is 0 Å². The first-order chi connectivity index (χ1) is 12.3. The number of fused-ring (bicyclic) bond motifs is 1. The number of piperidine rings is 1. The molecule has 0 N–H and O–H groups in total. The lowest BCUT2D eigenvalue weighted by Crippen LogP contribution is -2.34. The van der Waals surface area contributed by atoms with Gasteiger partial charge >= 0.3 is 0 Å². The van der Waals surface area contributed by atoms with Crippen molar-refractivity contribution in [1.82, 2.24) is 14.9 Å². The highest BCUT2D eigenvalue weighted by molar-refractivity contribution is 7.18. The van der Waals surface area contributed by atoms with Gasteiger partial charge in [-0.15, -0.1) is 11.3 Å². The van der Waals surface area contributed by atoms with E-state index in [9.17, 15) is 0 Å². The van der Waals surface area contributed by atoms with Crippen molar-refractivity contribution in [2.24, 2.45) is 0 Å². The maximum absolute atomic E-state index is 4.75. The van der Waals surface area contributed by atoms with Crippen molar-refractivity contribution in [3.63, 3.8) is 0 Å². The quantitative estimate of drug-likeness (QED) is 0.660. The molecule has 3 heterocycles. The van der Waals surface area contributed by atoms with Crippen LogP contribution in [0.1, 0.15) is 41.4 Å². The standard InChI is InChI=1S/C21H25N3S/c1-16-6-4-12-22-21(16)17-10-14-24(15-11-17)13-5-9-20-23-18-7-2-3-8-19(18)25-20/h2-4,6-8,12,17H,5,9-11,13-15H2,1H3. The third kappa shape index (κ3) is 3.91. The zero-order valence-corrected chi connectivity index (χ0v) is 15.6. The summed E-state index contributed by atoms with van der Waals surface area (Å²) in [7, 11) is 0. The van der Waals surface area contributed by atoms with Crippen molar-refractivity contribution < 1.29 is 0 Å². The summed E-state index contributed by atoms with van der Waals surface area (Å²) in [6.45, 7) is 5.76. The van der Waals surface area contributed by atoms with Gasteiger partial charge in [-0.3, -0.25) is 4.98 Å². The van der Waals surface area contributed by atoms with Gasteiger partial charge in [-0.05, 0) is 69.6 Å². The van der Waals surface area contributed by atoms with Crippen molar-refractivity contribution in [1.29, 1.82) is 0 Å². The number of aromatic nitrogens is 2. The van der Waals surface area contributed by atoms with E-state index >= 15 is 0 Å². The Labute approximate surface area is 153 Å². The van der Waals surface area contributed by atoms with Crippen molar-refractivity contribution >= 4 is 21.6 Å². The van der Waals surface area contributed by atoms with E-state index < -0.39 is 0 Å². The number of pyridine rings is 1. The molecule has 1 aliphatic heterocycles. The summed E-state index contributed by atoms with van der Waals surface area (Å²) in [6, 6.07) is 12.7. The van der Waals surface area contributed by atoms with Crippen LogP contribution in [0.2, 0.25) is 0 Å². The van der Waals surface area contributed by atoms with E-state index in [1.165, 1.54) is 59.9 Å². The van der Waals surface area contributed by atoms with E-state index in [1.807, 2.05) is 23.6 Å². The third-order valence-corrected chi connectivity index (χ3v) is 6.32. The molecule has 0 aliphatic carbocycles. The highest BCUT2D eigenvalue weighted by Gasteiger charge is 2.22. The Balaban J connectivity index is 1.25. The monoisotopic (exact) mass is 351 g/mol. The van der Waals surface area contributed by atoms with Gasteiger partial charge in [-0.1, -0.05) is 18.2 Å². The van der Waals surface area contributed by atoms with Crippen molar-refractivity contribution in [3.05, 3.63) is 58.9 Å². The minimum atomic E-state index is 0.640. The van der Waals surface area contributed by atoms with Crippen LogP contribution >= 0.6 is 11.3 Å². The minimum absolute atomic E-state index is 0.640. The number of hydrogen-bond acceptors (Lipinski definition) is 4. The Morgan fingerprint density at radius 3 is 2.76 bits per heavy atom. The summed E-state index contributed by atoms with van der Waals surface area (Å²) in [4.78, 5) is 12.0. The minimum Gasteiger partial charge on any atom is -0.303 e. The van der Waals surface area contributed by atoms with Gasteiger partial charge in [0, 0.05) is 24.2 Å². The fourth-order valence-corrected chi connectivity index (χ4v) is 4.85. The van der Waals surface area contributed by atoms with E-state index in [2.05, 4.69) is 47.1 Å². The lowest BCUT2D eigenvalue weighted by atomic mass is 9.90. The number of benzene rings is 1. The molecule has 4 heteroatoms. The van der Waals surface area contributed by atoms with Crippen LogP contribution in [-0.2, 0) is 6.42 Å². The zero-order chi connectivity index (χ0) is 17.1. The average molecular weight is 352 g/mol. The number of para-hydroxylation sites is 1. The fraction of sp³-hybridized carbons (Fsp3) is 0.429. The fourth-order valence-electron chi connectivity index (χ4n) is 3.84. The van der Waals surface area contributed by atoms with Crippen LogP contribution in [0.4, 0.5) is 0 Å². The summed E-state index contributed by atoms with van der Waals surface area (Å²) in [5, 5.41) is 1.28. The zero-order valence-electron chi connectivity index (χ0n) is 14.8. The van der Waals surface area contributed by atoms with Crippen LogP contribution in [-0.4, -0.2) is 34.5 Å². The van der Waals surface area contributed by atoms with Crippen LogP contribution in [0.15, 0.2) is 42.6 Å². The second kappa shape index (κ2) is 7.63. The number of hydrogen-bond donors (Lipinski definition) is 0. The van der Waals surface area contributed by atoms with Crippen molar-refractivity contribution in [2.45, 2.75) is 38.5 Å². The number of thiazole rings is 1. The molecule has 0 bridgehead atoms. The first-order valence-corrected chi connectivity index (χ1v) is 10.1. The van der Waals surface area contributed by atoms with Gasteiger partial charge < -0.3 is 4.90 Å². The van der Waals surface area contributed by atoms with E-state index in [-0.39, 0.29) is 0 Å². The maximum atomic E-state index is 4.75. The first-order valence-electron chi connectivity index (χ1n) is 9.28. The molecule has 3 aromatic rings. The van der Waals surface area contributed by atoms with Gasteiger partial charge in [0.15, 0.2) is 0 Å². The lowest BCUT2D eigenvalue weighted by molar-refractivity contribution is 0.208. The molecular weight excluding hydrogens is 326 g/mol.